The first kappa shape index (κ1) is 17.8. The van der Waals surface area contributed by atoms with Gasteiger partial charge in [-0.05, 0) is 12.1 Å². The molecule has 0 saturated carbocycles. The van der Waals surface area contributed by atoms with Crippen LogP contribution in [0.3, 0.4) is 0 Å². The molecule has 1 aromatic heterocycles. The lowest BCUT2D eigenvalue weighted by atomic mass is 9.88. The van der Waals surface area contributed by atoms with Crippen LogP contribution in [0.1, 0.15) is 38.7 Å². The molecule has 0 radical (unpaired) electrons. The molecule has 0 saturated heterocycles. The van der Waals surface area contributed by atoms with E-state index in [4.69, 9.17) is 4.98 Å². The Kier molecular flexibility index (Phi) is 5.07. The molecule has 136 valence electrons. The van der Waals surface area contributed by atoms with Crippen LogP contribution < -0.4 is 0 Å². The Morgan fingerprint density at radius 3 is 2.00 bits per heavy atom. The SMILES string of the molecule is O=C(CC(C(=O)c1ccccc1)c1ccc2ccccc2n1)c1ccccc1. The first-order valence-corrected chi connectivity index (χ1v) is 9.25. The molecule has 4 rings (SSSR count). The highest BCUT2D eigenvalue weighted by molar-refractivity contribution is 6.06. The molecule has 1 atom stereocenters. The van der Waals surface area contributed by atoms with Crippen molar-refractivity contribution < 1.29 is 9.59 Å². The minimum Gasteiger partial charge on any atom is -0.294 e. The fourth-order valence-corrected chi connectivity index (χ4v) is 3.34. The Bertz CT molecular complexity index is 1120. The molecular formula is C25H19NO2. The topological polar surface area (TPSA) is 47.0 Å². The Morgan fingerprint density at radius 2 is 1.29 bits per heavy atom. The molecule has 3 nitrogen and oxygen atoms in total. The summed E-state index contributed by atoms with van der Waals surface area (Å²) in [6.07, 6.45) is 0.0864. The third-order valence-electron chi connectivity index (χ3n) is 4.84. The third kappa shape index (κ3) is 3.74. The third-order valence-corrected chi connectivity index (χ3v) is 4.84. The molecule has 0 fully saturated rings. The van der Waals surface area contributed by atoms with Crippen molar-refractivity contribution in [3.05, 3.63) is 114 Å². The fraction of sp³-hybridized carbons (Fsp3) is 0.0800. The highest BCUT2D eigenvalue weighted by Gasteiger charge is 2.26. The van der Waals surface area contributed by atoms with Crippen molar-refractivity contribution in [2.45, 2.75) is 12.3 Å². The molecule has 0 N–H and O–H groups in total. The molecule has 0 aliphatic carbocycles. The van der Waals surface area contributed by atoms with E-state index in [0.29, 0.717) is 16.8 Å². The Labute approximate surface area is 163 Å². The molecule has 3 aromatic carbocycles. The molecule has 0 aliphatic heterocycles. The molecule has 1 heterocycles. The lowest BCUT2D eigenvalue weighted by Gasteiger charge is -2.16. The van der Waals surface area contributed by atoms with Crippen molar-refractivity contribution in [1.82, 2.24) is 4.98 Å². The lowest BCUT2D eigenvalue weighted by molar-refractivity contribution is 0.0892. The van der Waals surface area contributed by atoms with Gasteiger partial charge in [0.05, 0.1) is 17.1 Å². The molecule has 3 heteroatoms. The molecule has 0 spiro atoms. The van der Waals surface area contributed by atoms with E-state index in [-0.39, 0.29) is 18.0 Å². The molecule has 4 aromatic rings. The van der Waals surface area contributed by atoms with Crippen LogP contribution in [-0.2, 0) is 0 Å². The summed E-state index contributed by atoms with van der Waals surface area (Å²) in [5.74, 6) is -0.780. The van der Waals surface area contributed by atoms with Crippen LogP contribution in [0.4, 0.5) is 0 Å². The smallest absolute Gasteiger partial charge is 0.172 e. The maximum Gasteiger partial charge on any atom is 0.172 e. The molecule has 0 aliphatic rings. The predicted octanol–water partition coefficient (Wildman–Crippen LogP) is 5.47. The van der Waals surface area contributed by atoms with E-state index in [1.807, 2.05) is 72.8 Å². The van der Waals surface area contributed by atoms with E-state index >= 15 is 0 Å². The van der Waals surface area contributed by atoms with Crippen molar-refractivity contribution in [1.29, 1.82) is 0 Å². The average molecular weight is 365 g/mol. The van der Waals surface area contributed by atoms with Gasteiger partial charge in [-0.2, -0.15) is 0 Å². The number of aromatic nitrogens is 1. The summed E-state index contributed by atoms with van der Waals surface area (Å²) in [7, 11) is 0. The summed E-state index contributed by atoms with van der Waals surface area (Å²) in [5, 5.41) is 1.01. The quantitative estimate of drug-likeness (QED) is 0.425. The van der Waals surface area contributed by atoms with Gasteiger partial charge < -0.3 is 0 Å². The Balaban J connectivity index is 1.74. The number of rotatable bonds is 6. The van der Waals surface area contributed by atoms with Gasteiger partial charge in [0.25, 0.3) is 0 Å². The van der Waals surface area contributed by atoms with Crippen LogP contribution in [0.5, 0.6) is 0 Å². The van der Waals surface area contributed by atoms with E-state index < -0.39 is 5.92 Å². The van der Waals surface area contributed by atoms with Crippen molar-refractivity contribution in [2.24, 2.45) is 0 Å². The first-order chi connectivity index (χ1) is 13.7. The van der Waals surface area contributed by atoms with E-state index in [2.05, 4.69) is 0 Å². The van der Waals surface area contributed by atoms with Gasteiger partial charge in [0.15, 0.2) is 11.6 Å². The highest BCUT2D eigenvalue weighted by Crippen LogP contribution is 2.27. The van der Waals surface area contributed by atoms with Gasteiger partial charge >= 0.3 is 0 Å². The average Bonchev–Trinajstić information content (AvgIpc) is 2.77. The van der Waals surface area contributed by atoms with Crippen LogP contribution in [0.25, 0.3) is 10.9 Å². The lowest BCUT2D eigenvalue weighted by Crippen LogP contribution is -2.18. The zero-order chi connectivity index (χ0) is 19.3. The number of Topliss-reactive ketones (excluding diaryl/α,β-unsaturated/α-hetero) is 2. The summed E-state index contributed by atoms with van der Waals surface area (Å²) in [5.41, 5.74) is 2.63. The maximum atomic E-state index is 13.3. The van der Waals surface area contributed by atoms with E-state index in [1.165, 1.54) is 0 Å². The number of hydrogen-bond donors (Lipinski definition) is 0. The maximum absolute atomic E-state index is 13.3. The van der Waals surface area contributed by atoms with Gasteiger partial charge in [-0.25, -0.2) is 0 Å². The van der Waals surface area contributed by atoms with Gasteiger partial charge in [-0.3, -0.25) is 14.6 Å². The van der Waals surface area contributed by atoms with Crippen molar-refractivity contribution >= 4 is 22.5 Å². The number of fused-ring (bicyclic) bond motifs is 1. The largest absolute Gasteiger partial charge is 0.294 e. The van der Waals surface area contributed by atoms with E-state index in [1.54, 1.807) is 24.3 Å². The number of carbonyl (C=O) groups excluding carboxylic acids is 2. The number of para-hydroxylation sites is 1. The summed E-state index contributed by atoms with van der Waals surface area (Å²) >= 11 is 0. The van der Waals surface area contributed by atoms with E-state index in [9.17, 15) is 9.59 Å². The second-order valence-electron chi connectivity index (χ2n) is 6.71. The highest BCUT2D eigenvalue weighted by atomic mass is 16.1. The minimum atomic E-state index is -0.625. The predicted molar refractivity (Wildman–Crippen MR) is 111 cm³/mol. The van der Waals surface area contributed by atoms with Gasteiger partial charge in [0.2, 0.25) is 0 Å². The molecule has 28 heavy (non-hydrogen) atoms. The van der Waals surface area contributed by atoms with Gasteiger partial charge in [0, 0.05) is 22.9 Å². The van der Waals surface area contributed by atoms with Crippen molar-refractivity contribution in [3.63, 3.8) is 0 Å². The van der Waals surface area contributed by atoms with Gasteiger partial charge in [-0.15, -0.1) is 0 Å². The zero-order valence-electron chi connectivity index (χ0n) is 15.3. The second kappa shape index (κ2) is 7.97. The van der Waals surface area contributed by atoms with Crippen LogP contribution in [0, 0.1) is 0 Å². The van der Waals surface area contributed by atoms with Gasteiger partial charge in [-0.1, -0.05) is 84.9 Å². The fourth-order valence-electron chi connectivity index (χ4n) is 3.34. The number of pyridine rings is 1. The second-order valence-corrected chi connectivity index (χ2v) is 6.71. The van der Waals surface area contributed by atoms with Crippen LogP contribution in [-0.4, -0.2) is 16.6 Å². The molecule has 0 bridgehead atoms. The normalized spacial score (nSPS) is 11.9. The molecular weight excluding hydrogens is 346 g/mol. The molecule has 1 unspecified atom stereocenters. The number of hydrogen-bond acceptors (Lipinski definition) is 3. The van der Waals surface area contributed by atoms with Gasteiger partial charge in [0.1, 0.15) is 0 Å². The Morgan fingerprint density at radius 1 is 0.679 bits per heavy atom. The zero-order valence-corrected chi connectivity index (χ0v) is 15.3. The minimum absolute atomic E-state index is 0.0650. The monoisotopic (exact) mass is 365 g/mol. The van der Waals surface area contributed by atoms with Crippen LogP contribution in [0.15, 0.2) is 97.1 Å². The summed E-state index contributed by atoms with van der Waals surface area (Å²) in [4.78, 5) is 30.8. The first-order valence-electron chi connectivity index (χ1n) is 9.25. The van der Waals surface area contributed by atoms with Crippen LogP contribution in [0.2, 0.25) is 0 Å². The Hall–Kier alpha value is -3.59. The van der Waals surface area contributed by atoms with Crippen LogP contribution >= 0.6 is 0 Å². The summed E-state index contributed by atoms with van der Waals surface area (Å²) in [6.45, 7) is 0. The number of benzene rings is 3. The van der Waals surface area contributed by atoms with Crippen molar-refractivity contribution in [3.8, 4) is 0 Å². The standard InChI is InChI=1S/C25H19NO2/c27-24(19-10-3-1-4-11-19)17-21(25(28)20-12-5-2-6-13-20)23-16-15-18-9-7-8-14-22(18)26-23/h1-16,21H,17H2. The number of nitrogens with zero attached hydrogens (tertiary/aromatic N) is 1. The van der Waals surface area contributed by atoms with Crippen molar-refractivity contribution in [2.75, 3.05) is 0 Å². The number of carbonyl (C=O) groups is 2. The summed E-state index contributed by atoms with van der Waals surface area (Å²) < 4.78 is 0. The molecule has 0 amide bonds. The number of ketones is 2. The van der Waals surface area contributed by atoms with E-state index in [0.717, 1.165) is 10.9 Å². The summed E-state index contributed by atoms with van der Waals surface area (Å²) in [6, 6.07) is 29.8.